The molecule has 0 spiro atoms. The first-order chi connectivity index (χ1) is 13.4. The summed E-state index contributed by atoms with van der Waals surface area (Å²) in [6.07, 6.45) is 2.13. The first-order valence-electron chi connectivity index (χ1n) is 8.70. The average molecular weight is 416 g/mol. The molecular formula is C20H18ClN3O3S. The molecule has 0 unspecified atom stereocenters. The van der Waals surface area contributed by atoms with Crippen LogP contribution in [-0.4, -0.2) is 25.4 Å². The molecule has 0 aliphatic carbocycles. The van der Waals surface area contributed by atoms with E-state index in [1.807, 2.05) is 18.2 Å². The zero-order valence-corrected chi connectivity index (χ0v) is 16.7. The summed E-state index contributed by atoms with van der Waals surface area (Å²) >= 11 is 5.94. The van der Waals surface area contributed by atoms with Gasteiger partial charge in [-0.1, -0.05) is 35.9 Å². The summed E-state index contributed by atoms with van der Waals surface area (Å²) in [4.78, 5) is 12.7. The number of hydrogen-bond donors (Lipinski definition) is 1. The number of nitrogens with one attached hydrogen (secondary N) is 1. The second-order valence-electron chi connectivity index (χ2n) is 6.59. The molecule has 28 heavy (non-hydrogen) atoms. The van der Waals surface area contributed by atoms with Gasteiger partial charge in [0.15, 0.2) is 0 Å². The highest BCUT2D eigenvalue weighted by Gasteiger charge is 2.32. The summed E-state index contributed by atoms with van der Waals surface area (Å²) < 4.78 is 29.2. The van der Waals surface area contributed by atoms with Crippen LogP contribution in [0.15, 0.2) is 65.7 Å². The van der Waals surface area contributed by atoms with Crippen molar-refractivity contribution in [3.05, 3.63) is 77.1 Å². The number of carbonyl (C=O) groups excluding carboxylic acids is 1. The number of nitrogens with zero attached hydrogens (tertiary/aromatic N) is 2. The van der Waals surface area contributed by atoms with E-state index in [0.717, 1.165) is 5.56 Å². The van der Waals surface area contributed by atoms with Crippen LogP contribution >= 0.6 is 11.6 Å². The van der Waals surface area contributed by atoms with Crippen molar-refractivity contribution < 1.29 is 13.2 Å². The Morgan fingerprint density at radius 3 is 2.68 bits per heavy atom. The van der Waals surface area contributed by atoms with Crippen LogP contribution in [-0.2, 0) is 23.5 Å². The van der Waals surface area contributed by atoms with E-state index in [9.17, 15) is 13.2 Å². The molecule has 1 aliphatic heterocycles. The lowest BCUT2D eigenvalue weighted by molar-refractivity contribution is 0.101. The fourth-order valence-corrected chi connectivity index (χ4v) is 5.11. The first kappa shape index (κ1) is 18.6. The number of aromatic nitrogens is 1. The van der Waals surface area contributed by atoms with Gasteiger partial charge in [0.2, 0.25) is 0 Å². The Hall–Kier alpha value is -2.77. The van der Waals surface area contributed by atoms with Crippen molar-refractivity contribution in [1.82, 2.24) is 4.57 Å². The summed E-state index contributed by atoms with van der Waals surface area (Å²) in [7, 11) is -2.11. The van der Waals surface area contributed by atoms with Crippen LogP contribution in [0.3, 0.4) is 0 Å². The summed E-state index contributed by atoms with van der Waals surface area (Å²) in [5.41, 5.74) is 2.47. The van der Waals surface area contributed by atoms with Crippen molar-refractivity contribution in [3.63, 3.8) is 0 Å². The fraction of sp³-hybridized carbons (Fsp3) is 0.150. The minimum atomic E-state index is -3.76. The van der Waals surface area contributed by atoms with Gasteiger partial charge in [0.05, 0.1) is 5.69 Å². The monoisotopic (exact) mass is 415 g/mol. The molecule has 3 aromatic rings. The van der Waals surface area contributed by atoms with Crippen LogP contribution in [0.4, 0.5) is 11.4 Å². The van der Waals surface area contributed by atoms with E-state index >= 15 is 0 Å². The summed E-state index contributed by atoms with van der Waals surface area (Å²) in [6, 6.07) is 15.6. The molecule has 8 heteroatoms. The molecule has 0 saturated carbocycles. The molecule has 0 fully saturated rings. The minimum absolute atomic E-state index is 0.0861. The molecule has 0 bridgehead atoms. The number of sulfonamides is 1. The molecular weight excluding hydrogens is 398 g/mol. The van der Waals surface area contributed by atoms with Gasteiger partial charge in [-0.2, -0.15) is 0 Å². The normalized spacial score (nSPS) is 13.4. The van der Waals surface area contributed by atoms with Crippen LogP contribution in [0, 0.1) is 0 Å². The quantitative estimate of drug-likeness (QED) is 0.706. The largest absolute Gasteiger partial charge is 0.345 e. The number of rotatable bonds is 4. The highest BCUT2D eigenvalue weighted by Crippen LogP contribution is 2.33. The predicted octanol–water partition coefficient (Wildman–Crippen LogP) is 3.68. The summed E-state index contributed by atoms with van der Waals surface area (Å²) in [6.45, 7) is 0.390. The smallest absolute Gasteiger partial charge is 0.272 e. The van der Waals surface area contributed by atoms with Gasteiger partial charge >= 0.3 is 0 Å². The van der Waals surface area contributed by atoms with E-state index in [2.05, 4.69) is 5.32 Å². The van der Waals surface area contributed by atoms with E-state index in [1.165, 1.54) is 21.1 Å². The van der Waals surface area contributed by atoms with E-state index < -0.39 is 15.9 Å². The van der Waals surface area contributed by atoms with Gasteiger partial charge in [0, 0.05) is 30.5 Å². The zero-order chi connectivity index (χ0) is 19.9. The lowest BCUT2D eigenvalue weighted by Gasteiger charge is -2.18. The molecule has 0 saturated heterocycles. The third kappa shape index (κ3) is 3.27. The third-order valence-electron chi connectivity index (χ3n) is 4.73. The number of aryl methyl sites for hydroxylation is 1. The summed E-state index contributed by atoms with van der Waals surface area (Å²) in [5.74, 6) is -0.409. The molecule has 1 aromatic heterocycles. The van der Waals surface area contributed by atoms with Gasteiger partial charge in [0.1, 0.15) is 10.6 Å². The van der Waals surface area contributed by atoms with Crippen LogP contribution in [0.5, 0.6) is 0 Å². The Bertz CT molecular complexity index is 1170. The molecule has 0 radical (unpaired) electrons. The highest BCUT2D eigenvalue weighted by molar-refractivity contribution is 7.92. The second kappa shape index (κ2) is 7.00. The SMILES string of the molecule is Cn1cc(S(=O)(=O)N2CCc3ccccc32)cc1C(=O)Nc1cccc(Cl)c1. The Morgan fingerprint density at radius 2 is 1.89 bits per heavy atom. The number of amides is 1. The van der Waals surface area contributed by atoms with E-state index in [-0.39, 0.29) is 10.6 Å². The molecule has 1 N–H and O–H groups in total. The number of hydrogen-bond acceptors (Lipinski definition) is 3. The topological polar surface area (TPSA) is 71.4 Å². The van der Waals surface area contributed by atoms with Crippen LogP contribution < -0.4 is 9.62 Å². The number of benzene rings is 2. The number of fused-ring (bicyclic) bond motifs is 1. The first-order valence-corrected chi connectivity index (χ1v) is 10.5. The van der Waals surface area contributed by atoms with Gasteiger partial charge in [-0.3, -0.25) is 9.10 Å². The maximum Gasteiger partial charge on any atom is 0.272 e. The van der Waals surface area contributed by atoms with Gasteiger partial charge in [-0.15, -0.1) is 0 Å². The Balaban J connectivity index is 1.63. The molecule has 1 aliphatic rings. The van der Waals surface area contributed by atoms with Gasteiger partial charge in [-0.25, -0.2) is 8.42 Å². The van der Waals surface area contributed by atoms with Gasteiger partial charge < -0.3 is 9.88 Å². The fourth-order valence-electron chi connectivity index (χ4n) is 3.35. The van der Waals surface area contributed by atoms with E-state index in [1.54, 1.807) is 37.4 Å². The van der Waals surface area contributed by atoms with Crippen molar-refractivity contribution in [3.8, 4) is 0 Å². The number of halogens is 1. The molecule has 6 nitrogen and oxygen atoms in total. The third-order valence-corrected chi connectivity index (χ3v) is 6.74. The standard InChI is InChI=1S/C20H18ClN3O3S/c1-23-13-17(12-19(23)20(25)22-16-7-4-6-15(21)11-16)28(26,27)24-10-9-14-5-2-3-8-18(14)24/h2-8,11-13H,9-10H2,1H3,(H,22,25). The van der Waals surface area contributed by atoms with Crippen molar-refractivity contribution in [2.45, 2.75) is 11.3 Å². The number of anilines is 2. The van der Waals surface area contributed by atoms with Crippen LogP contribution in [0.1, 0.15) is 16.1 Å². The molecule has 2 heterocycles. The van der Waals surface area contributed by atoms with Gasteiger partial charge in [-0.05, 0) is 42.3 Å². The number of para-hydroxylation sites is 1. The maximum absolute atomic E-state index is 13.2. The average Bonchev–Trinajstić information content (AvgIpc) is 3.26. The molecule has 0 atom stereocenters. The van der Waals surface area contributed by atoms with Crippen LogP contribution in [0.2, 0.25) is 5.02 Å². The Kier molecular flexibility index (Phi) is 4.64. The lowest BCUT2D eigenvalue weighted by atomic mass is 10.2. The van der Waals surface area contributed by atoms with E-state index in [0.29, 0.717) is 29.4 Å². The predicted molar refractivity (Wildman–Crippen MR) is 109 cm³/mol. The minimum Gasteiger partial charge on any atom is -0.345 e. The zero-order valence-electron chi connectivity index (χ0n) is 15.1. The van der Waals surface area contributed by atoms with Crippen LogP contribution in [0.25, 0.3) is 0 Å². The second-order valence-corrected chi connectivity index (χ2v) is 8.89. The summed E-state index contributed by atoms with van der Waals surface area (Å²) in [5, 5.41) is 3.24. The Labute approximate surface area is 168 Å². The molecule has 4 rings (SSSR count). The number of carbonyl (C=O) groups is 1. The van der Waals surface area contributed by atoms with Crippen molar-refractivity contribution in [2.24, 2.45) is 7.05 Å². The molecule has 144 valence electrons. The van der Waals surface area contributed by atoms with Crippen molar-refractivity contribution in [2.75, 3.05) is 16.2 Å². The van der Waals surface area contributed by atoms with Crippen molar-refractivity contribution >= 4 is 38.9 Å². The van der Waals surface area contributed by atoms with Crippen molar-refractivity contribution in [1.29, 1.82) is 0 Å². The molecule has 1 amide bonds. The maximum atomic E-state index is 13.2. The molecule has 2 aromatic carbocycles. The van der Waals surface area contributed by atoms with E-state index in [4.69, 9.17) is 11.6 Å². The highest BCUT2D eigenvalue weighted by atomic mass is 35.5. The van der Waals surface area contributed by atoms with Gasteiger partial charge in [0.25, 0.3) is 15.9 Å². The Morgan fingerprint density at radius 1 is 1.11 bits per heavy atom. The lowest BCUT2D eigenvalue weighted by Crippen LogP contribution is -2.28.